The average molecular weight is 323 g/mol. The van der Waals surface area contributed by atoms with Gasteiger partial charge < -0.3 is 0 Å². The minimum Gasteiger partial charge on any atom is -0.0654 e. The van der Waals surface area contributed by atoms with Crippen molar-refractivity contribution in [1.82, 2.24) is 0 Å². The lowest BCUT2D eigenvalue weighted by molar-refractivity contribution is 0.188. The molecule has 0 radical (unpaired) electrons. The predicted octanol–water partition coefficient (Wildman–Crippen LogP) is 8.83. The van der Waals surface area contributed by atoms with Crippen molar-refractivity contribution in [2.24, 2.45) is 5.41 Å². The van der Waals surface area contributed by atoms with Gasteiger partial charge in [-0.05, 0) is 31.1 Å². The highest BCUT2D eigenvalue weighted by atomic mass is 14.3. The van der Waals surface area contributed by atoms with Gasteiger partial charge in [0.2, 0.25) is 0 Å². The molecule has 0 heterocycles. The molecule has 0 bridgehead atoms. The Hall–Kier alpha value is 0. The number of unbranched alkanes of at least 4 members (excludes halogenated alkanes) is 10. The van der Waals surface area contributed by atoms with Crippen LogP contribution in [-0.2, 0) is 0 Å². The number of rotatable bonds is 14. The van der Waals surface area contributed by atoms with Crippen LogP contribution in [0.1, 0.15) is 142 Å². The van der Waals surface area contributed by atoms with Crippen LogP contribution in [-0.4, -0.2) is 0 Å². The summed E-state index contributed by atoms with van der Waals surface area (Å²) >= 11 is 0. The van der Waals surface area contributed by atoms with Gasteiger partial charge in [-0.25, -0.2) is 0 Å². The molecule has 0 aromatic rings. The monoisotopic (exact) mass is 322 g/mol. The van der Waals surface area contributed by atoms with Crippen molar-refractivity contribution in [2.45, 2.75) is 142 Å². The summed E-state index contributed by atoms with van der Waals surface area (Å²) in [6, 6.07) is 0. The molecule has 0 aromatic heterocycles. The second-order valence-corrected chi connectivity index (χ2v) is 8.45. The van der Waals surface area contributed by atoms with Crippen molar-refractivity contribution >= 4 is 0 Å². The molecule has 1 fully saturated rings. The molecule has 1 rings (SSSR count). The summed E-state index contributed by atoms with van der Waals surface area (Å²) in [5.74, 6) is 0. The Morgan fingerprint density at radius 1 is 0.478 bits per heavy atom. The molecule has 138 valence electrons. The summed E-state index contributed by atoms with van der Waals surface area (Å²) in [5.41, 5.74) is 0.756. The lowest BCUT2D eigenvalue weighted by Gasteiger charge is -2.33. The first-order chi connectivity index (χ1) is 11.3. The zero-order valence-corrected chi connectivity index (χ0v) is 16.6. The van der Waals surface area contributed by atoms with Crippen LogP contribution in [0.5, 0.6) is 0 Å². The van der Waals surface area contributed by atoms with Crippen molar-refractivity contribution < 1.29 is 0 Å². The Kier molecular flexibility index (Phi) is 13.1. The summed E-state index contributed by atoms with van der Waals surface area (Å²) in [6.07, 6.45) is 29.9. The third kappa shape index (κ3) is 10.5. The molecule has 0 spiro atoms. The molecule has 0 nitrogen and oxygen atoms in total. The van der Waals surface area contributed by atoms with Crippen molar-refractivity contribution in [1.29, 1.82) is 0 Å². The molecule has 1 aliphatic rings. The van der Waals surface area contributed by atoms with Crippen LogP contribution in [0.4, 0.5) is 0 Å². The summed E-state index contributed by atoms with van der Waals surface area (Å²) in [5, 5.41) is 0. The van der Waals surface area contributed by atoms with Crippen molar-refractivity contribution in [3.8, 4) is 0 Å². The first-order valence-corrected chi connectivity index (χ1v) is 11.3. The van der Waals surface area contributed by atoms with Crippen LogP contribution < -0.4 is 0 Å². The van der Waals surface area contributed by atoms with Crippen LogP contribution in [0.25, 0.3) is 0 Å². The van der Waals surface area contributed by atoms with Crippen LogP contribution in [0.3, 0.4) is 0 Å². The molecule has 0 amide bonds. The predicted molar refractivity (Wildman–Crippen MR) is 106 cm³/mol. The summed E-state index contributed by atoms with van der Waals surface area (Å²) in [4.78, 5) is 0. The van der Waals surface area contributed by atoms with E-state index in [4.69, 9.17) is 0 Å². The van der Waals surface area contributed by atoms with Crippen LogP contribution in [0, 0.1) is 5.41 Å². The zero-order chi connectivity index (χ0) is 16.6. The standard InChI is InChI=1S/C23H46/c1-3-5-7-9-11-15-19-23(21-17-13-14-18-22-23)20-16-12-10-8-6-4-2/h3-22H2,1-2H3. The van der Waals surface area contributed by atoms with Gasteiger partial charge in [-0.1, -0.05) is 117 Å². The quantitative estimate of drug-likeness (QED) is 0.221. The van der Waals surface area contributed by atoms with E-state index < -0.39 is 0 Å². The molecular formula is C23H46. The molecule has 0 unspecified atom stereocenters. The fourth-order valence-electron chi connectivity index (χ4n) is 4.66. The van der Waals surface area contributed by atoms with Gasteiger partial charge in [0.05, 0.1) is 0 Å². The maximum Gasteiger partial charge on any atom is -0.0297 e. The average Bonchev–Trinajstić information content (AvgIpc) is 2.80. The normalized spacial score (nSPS) is 18.0. The van der Waals surface area contributed by atoms with E-state index in [2.05, 4.69) is 13.8 Å². The maximum absolute atomic E-state index is 2.32. The van der Waals surface area contributed by atoms with E-state index in [1.807, 2.05) is 0 Å². The molecule has 1 aliphatic carbocycles. The van der Waals surface area contributed by atoms with Gasteiger partial charge in [-0.2, -0.15) is 0 Å². The van der Waals surface area contributed by atoms with E-state index in [1.54, 1.807) is 25.7 Å². The lowest BCUT2D eigenvalue weighted by Crippen LogP contribution is -2.20. The van der Waals surface area contributed by atoms with E-state index in [0.29, 0.717) is 0 Å². The van der Waals surface area contributed by atoms with E-state index in [1.165, 1.54) is 103 Å². The van der Waals surface area contributed by atoms with Crippen LogP contribution in [0.2, 0.25) is 0 Å². The Labute approximate surface area is 148 Å². The van der Waals surface area contributed by atoms with Crippen LogP contribution in [0.15, 0.2) is 0 Å². The smallest absolute Gasteiger partial charge is 0.0297 e. The van der Waals surface area contributed by atoms with Gasteiger partial charge in [0, 0.05) is 0 Å². The minimum absolute atomic E-state index is 0.756. The fourth-order valence-corrected chi connectivity index (χ4v) is 4.66. The number of hydrogen-bond donors (Lipinski definition) is 0. The van der Waals surface area contributed by atoms with Crippen molar-refractivity contribution in [2.75, 3.05) is 0 Å². The fraction of sp³-hybridized carbons (Fsp3) is 1.00. The highest BCUT2D eigenvalue weighted by Crippen LogP contribution is 2.43. The Morgan fingerprint density at radius 2 is 0.870 bits per heavy atom. The summed E-state index contributed by atoms with van der Waals surface area (Å²) in [6.45, 7) is 4.64. The third-order valence-corrected chi connectivity index (χ3v) is 6.29. The molecule has 1 saturated carbocycles. The van der Waals surface area contributed by atoms with Gasteiger partial charge >= 0.3 is 0 Å². The largest absolute Gasteiger partial charge is 0.0654 e. The topological polar surface area (TPSA) is 0 Å². The van der Waals surface area contributed by atoms with Gasteiger partial charge in [0.15, 0.2) is 0 Å². The highest BCUT2D eigenvalue weighted by Gasteiger charge is 2.29. The van der Waals surface area contributed by atoms with Crippen molar-refractivity contribution in [3.63, 3.8) is 0 Å². The number of hydrogen-bond acceptors (Lipinski definition) is 0. The van der Waals surface area contributed by atoms with E-state index in [9.17, 15) is 0 Å². The SMILES string of the molecule is CCCCCCCCC1(CCCCCCCC)CCCCCC1. The maximum atomic E-state index is 2.32. The van der Waals surface area contributed by atoms with Gasteiger partial charge in [0.1, 0.15) is 0 Å². The Balaban J connectivity index is 2.25. The minimum atomic E-state index is 0.756. The van der Waals surface area contributed by atoms with Crippen LogP contribution >= 0.6 is 0 Å². The van der Waals surface area contributed by atoms with Gasteiger partial charge in [-0.3, -0.25) is 0 Å². The molecule has 23 heavy (non-hydrogen) atoms. The molecule has 0 N–H and O–H groups in total. The first kappa shape index (κ1) is 21.0. The van der Waals surface area contributed by atoms with Gasteiger partial charge in [-0.15, -0.1) is 0 Å². The second kappa shape index (κ2) is 14.4. The van der Waals surface area contributed by atoms with E-state index >= 15 is 0 Å². The zero-order valence-electron chi connectivity index (χ0n) is 16.6. The summed E-state index contributed by atoms with van der Waals surface area (Å²) in [7, 11) is 0. The van der Waals surface area contributed by atoms with Crippen molar-refractivity contribution in [3.05, 3.63) is 0 Å². The highest BCUT2D eigenvalue weighted by molar-refractivity contribution is 4.81. The molecule has 0 aromatic carbocycles. The van der Waals surface area contributed by atoms with Gasteiger partial charge in [0.25, 0.3) is 0 Å². The summed E-state index contributed by atoms with van der Waals surface area (Å²) < 4.78 is 0. The third-order valence-electron chi connectivity index (χ3n) is 6.29. The molecule has 0 aliphatic heterocycles. The second-order valence-electron chi connectivity index (χ2n) is 8.45. The lowest BCUT2D eigenvalue weighted by atomic mass is 9.72. The Bertz CT molecular complexity index is 216. The molecule has 0 saturated heterocycles. The molecule has 0 atom stereocenters. The van der Waals surface area contributed by atoms with E-state index in [-0.39, 0.29) is 0 Å². The molecule has 0 heteroatoms. The van der Waals surface area contributed by atoms with E-state index in [0.717, 1.165) is 5.41 Å². The Morgan fingerprint density at radius 3 is 1.30 bits per heavy atom. The molecular weight excluding hydrogens is 276 g/mol. The first-order valence-electron chi connectivity index (χ1n) is 11.3.